The summed E-state index contributed by atoms with van der Waals surface area (Å²) in [5.41, 5.74) is 0.487. The minimum atomic E-state index is -4.84. The van der Waals surface area contributed by atoms with Crippen molar-refractivity contribution < 1.29 is 40.7 Å². The van der Waals surface area contributed by atoms with E-state index in [4.69, 9.17) is 4.74 Å². The lowest BCUT2D eigenvalue weighted by molar-refractivity contribution is -0.274. The largest absolute Gasteiger partial charge is 0.573 e. The Bertz CT molecular complexity index is 1340. The van der Waals surface area contributed by atoms with E-state index in [0.29, 0.717) is 16.5 Å². The van der Waals surface area contributed by atoms with Crippen LogP contribution in [0.5, 0.6) is 5.75 Å². The number of benzene rings is 3. The van der Waals surface area contributed by atoms with Crippen LogP contribution in [0, 0.1) is 0 Å². The van der Waals surface area contributed by atoms with Crippen molar-refractivity contribution in [2.75, 3.05) is 22.8 Å². The zero-order valence-corrected chi connectivity index (χ0v) is 17.4. The molecule has 0 saturated carbocycles. The monoisotopic (exact) mass is 480 g/mol. The maximum Gasteiger partial charge on any atom is 0.573 e. The number of sulfonamides is 1. The van der Waals surface area contributed by atoms with Crippen LogP contribution in [0.4, 0.5) is 24.5 Å². The van der Waals surface area contributed by atoms with E-state index in [1.54, 1.807) is 30.3 Å². The molecule has 1 N–H and O–H groups in total. The Labute approximate surface area is 185 Å². The quantitative estimate of drug-likeness (QED) is 0.543. The minimum Gasteiger partial charge on any atom is -0.454 e. The number of ether oxygens (including phenoxy) is 2. The number of rotatable bonds is 6. The van der Waals surface area contributed by atoms with Crippen molar-refractivity contribution in [3.8, 4) is 5.75 Å². The Morgan fingerprint density at radius 2 is 1.64 bits per heavy atom. The molecule has 3 aromatic rings. The van der Waals surface area contributed by atoms with Crippen LogP contribution < -0.4 is 14.4 Å². The molecule has 12 heteroatoms. The molecule has 0 aliphatic carbocycles. The van der Waals surface area contributed by atoms with Gasteiger partial charge in [-0.25, -0.2) is 8.42 Å². The second-order valence-electron chi connectivity index (χ2n) is 6.92. The van der Waals surface area contributed by atoms with Gasteiger partial charge >= 0.3 is 12.3 Å². The Morgan fingerprint density at radius 1 is 0.970 bits per heavy atom. The summed E-state index contributed by atoms with van der Waals surface area (Å²) < 4.78 is 71.8. The number of esters is 1. The summed E-state index contributed by atoms with van der Waals surface area (Å²) in [6.07, 6.45) is -4.84. The van der Waals surface area contributed by atoms with Crippen LogP contribution in [0.1, 0.15) is 0 Å². The number of carbonyl (C=O) groups excluding carboxylic acids is 2. The number of alkyl halides is 3. The standard InChI is InChI=1S/C21H15F3N2O6S/c22-21(23,24)32-15-9-7-14(8-10-15)25-18(27)12-31-19(28)11-26-16-5-1-3-13-4-2-6-17(20(13)16)33(26,29)30/h1-10H,11-12H2,(H,25,27). The van der Waals surface area contributed by atoms with E-state index in [2.05, 4.69) is 10.1 Å². The number of amides is 1. The molecule has 1 heterocycles. The summed E-state index contributed by atoms with van der Waals surface area (Å²) >= 11 is 0. The first-order valence-corrected chi connectivity index (χ1v) is 10.8. The molecule has 3 aromatic carbocycles. The zero-order valence-electron chi connectivity index (χ0n) is 16.6. The van der Waals surface area contributed by atoms with Crippen molar-refractivity contribution in [2.24, 2.45) is 0 Å². The number of hydrogen-bond donors (Lipinski definition) is 1. The topological polar surface area (TPSA) is 102 Å². The Kier molecular flexibility index (Phi) is 5.62. The van der Waals surface area contributed by atoms with Crippen molar-refractivity contribution in [3.63, 3.8) is 0 Å². The van der Waals surface area contributed by atoms with Crippen LogP contribution in [0.2, 0.25) is 0 Å². The maximum absolute atomic E-state index is 12.9. The highest BCUT2D eigenvalue weighted by Crippen LogP contribution is 2.41. The van der Waals surface area contributed by atoms with Crippen LogP contribution in [0.25, 0.3) is 10.8 Å². The molecule has 8 nitrogen and oxygen atoms in total. The fraction of sp³-hybridized carbons (Fsp3) is 0.143. The van der Waals surface area contributed by atoms with Gasteiger partial charge in [0.15, 0.2) is 6.61 Å². The lowest BCUT2D eigenvalue weighted by Crippen LogP contribution is -2.34. The van der Waals surface area contributed by atoms with Gasteiger partial charge in [0.2, 0.25) is 0 Å². The number of anilines is 2. The maximum atomic E-state index is 12.9. The molecule has 1 amide bonds. The average molecular weight is 480 g/mol. The van der Waals surface area contributed by atoms with E-state index in [0.717, 1.165) is 16.4 Å². The number of hydrogen-bond acceptors (Lipinski definition) is 6. The number of carbonyl (C=O) groups is 2. The third-order valence-electron chi connectivity index (χ3n) is 4.69. The molecule has 33 heavy (non-hydrogen) atoms. The number of halogens is 3. The van der Waals surface area contributed by atoms with E-state index in [9.17, 15) is 31.2 Å². The first-order chi connectivity index (χ1) is 15.5. The number of nitrogens with zero attached hydrogens (tertiary/aromatic N) is 1. The van der Waals surface area contributed by atoms with E-state index < -0.39 is 47.2 Å². The van der Waals surface area contributed by atoms with Crippen molar-refractivity contribution in [2.45, 2.75) is 11.3 Å². The van der Waals surface area contributed by atoms with Crippen molar-refractivity contribution in [1.82, 2.24) is 0 Å². The van der Waals surface area contributed by atoms with Gasteiger partial charge < -0.3 is 14.8 Å². The van der Waals surface area contributed by atoms with Gasteiger partial charge in [-0.2, -0.15) is 0 Å². The van der Waals surface area contributed by atoms with Gasteiger partial charge in [-0.15, -0.1) is 13.2 Å². The molecule has 172 valence electrons. The minimum absolute atomic E-state index is 0.0825. The van der Waals surface area contributed by atoms with Gasteiger partial charge in [0.1, 0.15) is 12.3 Å². The van der Waals surface area contributed by atoms with Crippen molar-refractivity contribution in [3.05, 3.63) is 60.7 Å². The van der Waals surface area contributed by atoms with Gasteiger partial charge in [-0.05, 0) is 41.8 Å². The van der Waals surface area contributed by atoms with Crippen LogP contribution in [-0.2, 0) is 24.3 Å². The van der Waals surface area contributed by atoms with Crippen LogP contribution in [0.3, 0.4) is 0 Å². The molecule has 0 saturated heterocycles. The van der Waals surface area contributed by atoms with Gasteiger partial charge in [-0.3, -0.25) is 13.9 Å². The summed E-state index contributed by atoms with van der Waals surface area (Å²) in [5, 5.41) is 3.55. The zero-order chi connectivity index (χ0) is 23.8. The molecule has 4 rings (SSSR count). The van der Waals surface area contributed by atoms with Crippen LogP contribution in [-0.4, -0.2) is 39.8 Å². The molecule has 0 fully saturated rings. The predicted octanol–water partition coefficient (Wildman–Crippen LogP) is 3.43. The molecule has 0 radical (unpaired) electrons. The van der Waals surface area contributed by atoms with E-state index in [1.807, 2.05) is 0 Å². The summed E-state index contributed by atoms with van der Waals surface area (Å²) in [4.78, 5) is 24.3. The smallest absolute Gasteiger partial charge is 0.454 e. The molecule has 0 unspecified atom stereocenters. The molecule has 1 aliphatic heterocycles. The van der Waals surface area contributed by atoms with E-state index in [1.165, 1.54) is 18.2 Å². The van der Waals surface area contributed by atoms with Gasteiger partial charge in [0.25, 0.3) is 15.9 Å². The molecular weight excluding hydrogens is 465 g/mol. The fourth-order valence-corrected chi connectivity index (χ4v) is 5.03. The van der Waals surface area contributed by atoms with Crippen LogP contribution >= 0.6 is 0 Å². The Morgan fingerprint density at radius 3 is 2.30 bits per heavy atom. The van der Waals surface area contributed by atoms with Gasteiger partial charge in [0, 0.05) is 11.1 Å². The third-order valence-corrected chi connectivity index (χ3v) is 6.49. The second-order valence-corrected chi connectivity index (χ2v) is 8.75. The lowest BCUT2D eigenvalue weighted by atomic mass is 10.1. The van der Waals surface area contributed by atoms with E-state index in [-0.39, 0.29) is 10.6 Å². The Hall–Kier alpha value is -3.80. The number of nitrogens with one attached hydrogen (secondary N) is 1. The normalized spacial score (nSPS) is 14.2. The lowest BCUT2D eigenvalue weighted by Gasteiger charge is -2.17. The summed E-state index contributed by atoms with van der Waals surface area (Å²) in [5.74, 6) is -2.18. The van der Waals surface area contributed by atoms with Crippen molar-refractivity contribution >= 4 is 44.0 Å². The summed E-state index contributed by atoms with van der Waals surface area (Å²) in [6, 6.07) is 14.2. The van der Waals surface area contributed by atoms with Gasteiger partial charge in [-0.1, -0.05) is 24.3 Å². The average Bonchev–Trinajstić information content (AvgIpc) is 2.96. The molecule has 0 bridgehead atoms. The molecule has 0 atom stereocenters. The van der Waals surface area contributed by atoms with Crippen molar-refractivity contribution in [1.29, 1.82) is 0 Å². The molecule has 0 spiro atoms. The first kappa shape index (κ1) is 22.4. The highest BCUT2D eigenvalue weighted by Gasteiger charge is 2.37. The fourth-order valence-electron chi connectivity index (χ4n) is 3.37. The highest BCUT2D eigenvalue weighted by molar-refractivity contribution is 7.93. The first-order valence-electron chi connectivity index (χ1n) is 9.40. The molecular formula is C21H15F3N2O6S. The molecule has 0 aromatic heterocycles. The Balaban J connectivity index is 1.35. The second kappa shape index (κ2) is 8.28. The predicted molar refractivity (Wildman–Crippen MR) is 111 cm³/mol. The SMILES string of the molecule is O=C(COC(=O)CN1c2cccc3cccc(c23)S1(=O)=O)Nc1ccc(OC(F)(F)F)cc1. The van der Waals surface area contributed by atoms with Crippen LogP contribution in [0.15, 0.2) is 65.6 Å². The van der Waals surface area contributed by atoms with E-state index >= 15 is 0 Å². The molecule has 1 aliphatic rings. The third kappa shape index (κ3) is 4.70. The van der Waals surface area contributed by atoms with Gasteiger partial charge in [0.05, 0.1) is 10.6 Å². The summed E-state index contributed by atoms with van der Waals surface area (Å²) in [6.45, 7) is -1.35. The highest BCUT2D eigenvalue weighted by atomic mass is 32.2. The summed E-state index contributed by atoms with van der Waals surface area (Å²) in [7, 11) is -3.96.